The summed E-state index contributed by atoms with van der Waals surface area (Å²) >= 11 is 0. The molecule has 0 saturated heterocycles. The number of nitrogens with one attached hydrogen (secondary N) is 1. The van der Waals surface area contributed by atoms with Gasteiger partial charge < -0.3 is 14.7 Å². The molecule has 0 amide bonds. The molecule has 0 saturated carbocycles. The Kier molecular flexibility index (Phi) is 3.85. The van der Waals surface area contributed by atoms with Crippen LogP contribution < -0.4 is 5.32 Å². The van der Waals surface area contributed by atoms with Gasteiger partial charge in [0.05, 0.1) is 11.4 Å². The number of fused-ring (bicyclic) bond motifs is 1. The Balaban J connectivity index is 1.49. The fourth-order valence-electron chi connectivity index (χ4n) is 2.95. The maximum Gasteiger partial charge on any atom is 0.227 e. The second-order valence-corrected chi connectivity index (χ2v) is 5.97. The minimum absolute atomic E-state index is 0.169. The first kappa shape index (κ1) is 15.3. The number of Topliss-reactive ketones (excluding diaryl/α,β-unsaturated/α-hetero) is 1. The zero-order valence-corrected chi connectivity index (χ0v) is 13.5. The van der Waals surface area contributed by atoms with E-state index in [1.54, 1.807) is 12.4 Å². The Hall–Kier alpha value is -3.28. The normalized spacial score (nSPS) is 12.9. The van der Waals surface area contributed by atoms with Crippen molar-refractivity contribution in [2.75, 3.05) is 5.32 Å². The SMILES string of the molecule is O=CCc1ccc(-c2cnc(Nc3cc4n(c3)CCC4=O)nc2)cc1. The molecule has 0 unspecified atom stereocenters. The van der Waals surface area contributed by atoms with Crippen LogP contribution in [-0.2, 0) is 17.8 Å². The lowest BCUT2D eigenvalue weighted by molar-refractivity contribution is -0.107. The van der Waals surface area contributed by atoms with Crippen LogP contribution in [-0.4, -0.2) is 26.6 Å². The van der Waals surface area contributed by atoms with Crippen molar-refractivity contribution in [1.82, 2.24) is 14.5 Å². The second kappa shape index (κ2) is 6.32. The number of hydrogen-bond donors (Lipinski definition) is 1. The van der Waals surface area contributed by atoms with Gasteiger partial charge in [-0.3, -0.25) is 4.79 Å². The molecule has 6 heteroatoms. The molecular weight excluding hydrogens is 316 g/mol. The van der Waals surface area contributed by atoms with Crippen molar-refractivity contribution in [1.29, 1.82) is 0 Å². The molecule has 0 bridgehead atoms. The van der Waals surface area contributed by atoms with Gasteiger partial charge in [0.2, 0.25) is 5.95 Å². The number of anilines is 2. The summed E-state index contributed by atoms with van der Waals surface area (Å²) in [6, 6.07) is 9.59. The number of aromatic nitrogens is 3. The van der Waals surface area contributed by atoms with E-state index in [2.05, 4.69) is 15.3 Å². The molecule has 1 aliphatic rings. The number of carbonyl (C=O) groups excluding carboxylic acids is 2. The maximum atomic E-state index is 11.7. The third kappa shape index (κ3) is 3.06. The van der Waals surface area contributed by atoms with E-state index in [1.165, 1.54) is 0 Å². The second-order valence-electron chi connectivity index (χ2n) is 5.97. The molecule has 124 valence electrons. The molecule has 0 radical (unpaired) electrons. The first-order valence-electron chi connectivity index (χ1n) is 8.08. The maximum absolute atomic E-state index is 11.7. The third-order valence-electron chi connectivity index (χ3n) is 4.28. The van der Waals surface area contributed by atoms with Crippen molar-refractivity contribution in [2.45, 2.75) is 19.4 Å². The summed E-state index contributed by atoms with van der Waals surface area (Å²) in [6.45, 7) is 0.732. The summed E-state index contributed by atoms with van der Waals surface area (Å²) in [4.78, 5) is 30.9. The van der Waals surface area contributed by atoms with Crippen molar-refractivity contribution in [3.63, 3.8) is 0 Å². The van der Waals surface area contributed by atoms with Gasteiger partial charge in [0.1, 0.15) is 6.29 Å². The Morgan fingerprint density at radius 1 is 1.12 bits per heavy atom. The Bertz CT molecular complexity index is 927. The number of ketones is 1. The number of carbonyl (C=O) groups is 2. The summed E-state index contributed by atoms with van der Waals surface area (Å²) in [5, 5.41) is 3.12. The number of aldehydes is 1. The van der Waals surface area contributed by atoms with Crippen molar-refractivity contribution < 1.29 is 9.59 Å². The Labute approximate surface area is 144 Å². The topological polar surface area (TPSA) is 76.9 Å². The first-order valence-corrected chi connectivity index (χ1v) is 8.08. The monoisotopic (exact) mass is 332 g/mol. The smallest absolute Gasteiger partial charge is 0.227 e. The molecule has 25 heavy (non-hydrogen) atoms. The minimum Gasteiger partial charge on any atom is -0.343 e. The van der Waals surface area contributed by atoms with Crippen LogP contribution in [0, 0.1) is 0 Å². The van der Waals surface area contributed by atoms with Crippen LogP contribution >= 0.6 is 0 Å². The summed E-state index contributed by atoms with van der Waals surface area (Å²) in [5.74, 6) is 0.653. The average Bonchev–Trinajstić information content (AvgIpc) is 3.18. The molecule has 1 aromatic carbocycles. The van der Waals surface area contributed by atoms with Gasteiger partial charge in [0, 0.05) is 43.5 Å². The summed E-state index contributed by atoms with van der Waals surface area (Å²) < 4.78 is 1.94. The molecule has 0 atom stereocenters. The molecule has 4 rings (SSSR count). The van der Waals surface area contributed by atoms with Crippen LogP contribution in [0.25, 0.3) is 11.1 Å². The van der Waals surface area contributed by atoms with Crippen LogP contribution in [0.15, 0.2) is 48.9 Å². The first-order chi connectivity index (χ1) is 12.2. The number of aryl methyl sites for hydroxylation is 1. The predicted molar refractivity (Wildman–Crippen MR) is 93.9 cm³/mol. The highest BCUT2D eigenvalue weighted by atomic mass is 16.1. The predicted octanol–water partition coefficient (Wildman–Crippen LogP) is 3.02. The Morgan fingerprint density at radius 2 is 1.88 bits per heavy atom. The quantitative estimate of drug-likeness (QED) is 0.727. The molecule has 3 heterocycles. The lowest BCUT2D eigenvalue weighted by Gasteiger charge is -2.05. The zero-order chi connectivity index (χ0) is 17.2. The van der Waals surface area contributed by atoms with Crippen LogP contribution in [0.2, 0.25) is 0 Å². The fraction of sp³-hybridized carbons (Fsp3) is 0.158. The number of benzene rings is 1. The van der Waals surface area contributed by atoms with Crippen LogP contribution in [0.1, 0.15) is 22.5 Å². The summed E-state index contributed by atoms with van der Waals surface area (Å²) in [5.41, 5.74) is 4.42. The molecule has 2 aromatic heterocycles. The molecule has 1 N–H and O–H groups in total. The Morgan fingerprint density at radius 3 is 2.56 bits per heavy atom. The number of rotatable bonds is 5. The number of hydrogen-bond acceptors (Lipinski definition) is 5. The van der Waals surface area contributed by atoms with Gasteiger partial charge in [-0.2, -0.15) is 0 Å². The van der Waals surface area contributed by atoms with Gasteiger partial charge in [-0.15, -0.1) is 0 Å². The highest BCUT2D eigenvalue weighted by Gasteiger charge is 2.20. The molecular formula is C19H16N4O2. The van der Waals surface area contributed by atoms with Gasteiger partial charge in [-0.25, -0.2) is 9.97 Å². The lowest BCUT2D eigenvalue weighted by atomic mass is 10.1. The van der Waals surface area contributed by atoms with Crippen molar-refractivity contribution >= 4 is 23.7 Å². The van der Waals surface area contributed by atoms with Crippen molar-refractivity contribution in [2.24, 2.45) is 0 Å². The summed E-state index contributed by atoms with van der Waals surface area (Å²) in [6.07, 6.45) is 7.29. The summed E-state index contributed by atoms with van der Waals surface area (Å²) in [7, 11) is 0. The fourth-order valence-corrected chi connectivity index (χ4v) is 2.95. The highest BCUT2D eigenvalue weighted by Crippen LogP contribution is 2.24. The van der Waals surface area contributed by atoms with E-state index < -0.39 is 0 Å². The molecule has 0 aliphatic carbocycles. The zero-order valence-electron chi connectivity index (χ0n) is 13.5. The van der Waals surface area contributed by atoms with Crippen LogP contribution in [0.3, 0.4) is 0 Å². The van der Waals surface area contributed by atoms with E-state index in [0.29, 0.717) is 18.8 Å². The lowest BCUT2D eigenvalue weighted by Crippen LogP contribution is -1.97. The molecule has 0 fully saturated rings. The van der Waals surface area contributed by atoms with E-state index in [0.717, 1.165) is 40.9 Å². The number of nitrogens with zero attached hydrogens (tertiary/aromatic N) is 3. The van der Waals surface area contributed by atoms with E-state index in [1.807, 2.05) is 41.1 Å². The van der Waals surface area contributed by atoms with Crippen molar-refractivity contribution in [3.05, 3.63) is 60.2 Å². The van der Waals surface area contributed by atoms with Crippen LogP contribution in [0.5, 0.6) is 0 Å². The van der Waals surface area contributed by atoms with E-state index in [4.69, 9.17) is 0 Å². The van der Waals surface area contributed by atoms with Gasteiger partial charge in [0.25, 0.3) is 0 Å². The minimum atomic E-state index is 0.169. The highest BCUT2D eigenvalue weighted by molar-refractivity contribution is 5.97. The van der Waals surface area contributed by atoms with Gasteiger partial charge in [-0.1, -0.05) is 24.3 Å². The molecule has 0 spiro atoms. The largest absolute Gasteiger partial charge is 0.343 e. The van der Waals surface area contributed by atoms with E-state index >= 15 is 0 Å². The van der Waals surface area contributed by atoms with E-state index in [9.17, 15) is 9.59 Å². The van der Waals surface area contributed by atoms with Gasteiger partial charge >= 0.3 is 0 Å². The van der Waals surface area contributed by atoms with E-state index in [-0.39, 0.29) is 5.78 Å². The van der Waals surface area contributed by atoms with Crippen LogP contribution in [0.4, 0.5) is 11.6 Å². The van der Waals surface area contributed by atoms with Crippen molar-refractivity contribution in [3.8, 4) is 11.1 Å². The average molecular weight is 332 g/mol. The van der Waals surface area contributed by atoms with Gasteiger partial charge in [-0.05, 0) is 17.2 Å². The standard InChI is InChI=1S/C19H16N4O2/c24-8-6-13-1-3-14(4-2-13)15-10-20-19(21-11-15)22-16-9-17-18(25)5-7-23(17)12-16/h1-4,8-12H,5-7H2,(H,20,21,22). The van der Waals surface area contributed by atoms with Gasteiger partial charge in [0.15, 0.2) is 5.78 Å². The molecule has 1 aliphatic heterocycles. The molecule has 3 aromatic rings. The third-order valence-corrected chi connectivity index (χ3v) is 4.28. The molecule has 6 nitrogen and oxygen atoms in total.